The maximum atomic E-state index is 13.6. The molecule has 20 atom stereocenters. The second-order valence-electron chi connectivity index (χ2n) is 17.1. The van der Waals surface area contributed by atoms with Crippen LogP contribution in [0.4, 0.5) is 0 Å². The summed E-state index contributed by atoms with van der Waals surface area (Å²) in [7, 11) is 1.24. The molecule has 342 valence electrons. The third-order valence-electron chi connectivity index (χ3n) is 13.1. The molecule has 0 radical (unpaired) electrons. The summed E-state index contributed by atoms with van der Waals surface area (Å²) in [6, 6.07) is 8.68. The third-order valence-corrected chi connectivity index (χ3v) is 13.1. The lowest BCUT2D eigenvalue weighted by Gasteiger charge is -2.51. The number of hydrogen-bond acceptors (Lipinski definition) is 15. The molecule has 61 heavy (non-hydrogen) atoms. The maximum Gasteiger partial charge on any atom is 0.337 e. The number of azide groups is 1. The Morgan fingerprint density at radius 2 is 1.20 bits per heavy atom. The number of hydrogen-bond donors (Lipinski definition) is 0. The summed E-state index contributed by atoms with van der Waals surface area (Å²) in [5, 5.41) is 4.13. The highest BCUT2D eigenvalue weighted by atomic mass is 16.8. The van der Waals surface area contributed by atoms with E-state index in [0.717, 1.165) is 5.56 Å². The molecule has 17 heteroatoms. The number of ether oxygens (including phenoxy) is 11. The Kier molecular flexibility index (Phi) is 17.4. The molecule has 0 aromatic heterocycles. The molecule has 0 bridgehead atoms. The van der Waals surface area contributed by atoms with Crippen LogP contribution in [-0.4, -0.2) is 117 Å². The number of nitrogens with zero attached hydrogens (tertiary/aromatic N) is 3. The lowest BCUT2D eigenvalue weighted by Crippen LogP contribution is -2.64. The fourth-order valence-corrected chi connectivity index (χ4v) is 9.08. The van der Waals surface area contributed by atoms with Crippen molar-refractivity contribution >= 4 is 17.9 Å². The minimum absolute atomic E-state index is 0.00308. The molecule has 0 aliphatic carbocycles. The SMILES string of the molecule is CCC1O[C@H](O[C@@H]2C(C(=O)OC)O[C@@H](O[C@@H]3C(CC)O[C@H](C)C(C)[C@H]3C)C(OC(C)=O)[C@H]2C)C(N=[N+]=[N-])[C@@H](C)[C@@H]1O[C@@H]1OC(C)[C@@H](C)[C@@H](OCc2ccccc2)C1OC(C)=O. The molecule has 4 heterocycles. The van der Waals surface area contributed by atoms with Crippen molar-refractivity contribution in [2.24, 2.45) is 34.7 Å². The van der Waals surface area contributed by atoms with Crippen molar-refractivity contribution in [3.05, 3.63) is 46.3 Å². The van der Waals surface area contributed by atoms with Crippen molar-refractivity contribution in [1.29, 1.82) is 0 Å². The number of rotatable bonds is 15. The molecule has 5 rings (SSSR count). The Hall–Kier alpha value is -3.38. The highest BCUT2D eigenvalue weighted by Crippen LogP contribution is 2.42. The van der Waals surface area contributed by atoms with Gasteiger partial charge in [0.1, 0.15) is 12.2 Å². The van der Waals surface area contributed by atoms with Gasteiger partial charge in [0.05, 0.1) is 56.4 Å². The first kappa shape index (κ1) is 48.6. The number of carbonyl (C=O) groups is 3. The molecule has 0 amide bonds. The van der Waals surface area contributed by atoms with E-state index in [2.05, 4.69) is 23.9 Å². The minimum Gasteiger partial charge on any atom is -0.467 e. The first-order chi connectivity index (χ1) is 29.0. The zero-order valence-corrected chi connectivity index (χ0v) is 37.6. The second-order valence-corrected chi connectivity index (χ2v) is 17.1. The zero-order valence-electron chi connectivity index (χ0n) is 37.6. The fraction of sp³-hybridized carbons (Fsp3) is 0.795. The van der Waals surface area contributed by atoms with Gasteiger partial charge in [0.2, 0.25) is 0 Å². The van der Waals surface area contributed by atoms with Crippen LogP contribution in [0.25, 0.3) is 10.4 Å². The normalized spacial score (nSPS) is 41.5. The smallest absolute Gasteiger partial charge is 0.337 e. The molecule has 4 fully saturated rings. The van der Waals surface area contributed by atoms with Gasteiger partial charge in [-0.3, -0.25) is 9.59 Å². The summed E-state index contributed by atoms with van der Waals surface area (Å²) in [5.41, 5.74) is 10.8. The van der Waals surface area contributed by atoms with E-state index in [4.69, 9.17) is 52.1 Å². The summed E-state index contributed by atoms with van der Waals surface area (Å²) < 4.78 is 69.1. The van der Waals surface area contributed by atoms with Crippen LogP contribution in [0.15, 0.2) is 35.4 Å². The number of methoxy groups -OCH3 is 1. The summed E-state index contributed by atoms with van der Waals surface area (Å²) in [4.78, 5) is 41.9. The molecule has 1 aromatic rings. The van der Waals surface area contributed by atoms with E-state index in [9.17, 15) is 19.9 Å². The van der Waals surface area contributed by atoms with E-state index >= 15 is 0 Å². The van der Waals surface area contributed by atoms with Crippen LogP contribution < -0.4 is 0 Å². The van der Waals surface area contributed by atoms with Gasteiger partial charge in [-0.25, -0.2) is 4.79 Å². The Bertz CT molecular complexity index is 1650. The van der Waals surface area contributed by atoms with Crippen LogP contribution in [0.1, 0.15) is 94.6 Å². The van der Waals surface area contributed by atoms with Gasteiger partial charge in [-0.15, -0.1) is 0 Å². The Labute approximate surface area is 359 Å². The topological polar surface area (TPSA) is 202 Å². The van der Waals surface area contributed by atoms with E-state index in [-0.39, 0.29) is 42.7 Å². The Balaban J connectivity index is 1.41. The molecule has 0 spiro atoms. The molecular weight excluding hydrogens is 794 g/mol. The monoisotopic (exact) mass is 861 g/mol. The van der Waals surface area contributed by atoms with E-state index in [1.807, 2.05) is 71.9 Å². The van der Waals surface area contributed by atoms with Gasteiger partial charge in [0.25, 0.3) is 0 Å². The first-order valence-electron chi connectivity index (χ1n) is 21.7. The summed E-state index contributed by atoms with van der Waals surface area (Å²) in [5.74, 6) is -3.14. The van der Waals surface area contributed by atoms with Gasteiger partial charge >= 0.3 is 17.9 Å². The van der Waals surface area contributed by atoms with E-state index in [1.165, 1.54) is 21.0 Å². The van der Waals surface area contributed by atoms with Crippen molar-refractivity contribution in [3.8, 4) is 0 Å². The van der Waals surface area contributed by atoms with Crippen LogP contribution in [0, 0.1) is 29.6 Å². The van der Waals surface area contributed by atoms with Crippen molar-refractivity contribution in [3.63, 3.8) is 0 Å². The average molecular weight is 862 g/mol. The van der Waals surface area contributed by atoms with E-state index in [0.29, 0.717) is 12.8 Å². The average Bonchev–Trinajstić information content (AvgIpc) is 3.23. The van der Waals surface area contributed by atoms with E-state index in [1.54, 1.807) is 6.92 Å². The molecule has 4 aliphatic heterocycles. The van der Waals surface area contributed by atoms with E-state index < -0.39 is 103 Å². The third kappa shape index (κ3) is 11.2. The van der Waals surface area contributed by atoms with Crippen LogP contribution in [-0.2, 0) is 73.1 Å². The van der Waals surface area contributed by atoms with Crippen molar-refractivity contribution < 1.29 is 66.5 Å². The number of benzene rings is 1. The molecule has 8 unspecified atom stereocenters. The van der Waals surface area contributed by atoms with Crippen LogP contribution >= 0.6 is 0 Å². The van der Waals surface area contributed by atoms with Gasteiger partial charge in [-0.1, -0.05) is 83.9 Å². The molecule has 0 N–H and O–H groups in total. The van der Waals surface area contributed by atoms with Crippen molar-refractivity contribution in [2.75, 3.05) is 7.11 Å². The quantitative estimate of drug-likeness (QED) is 0.0614. The molecule has 1 aromatic carbocycles. The van der Waals surface area contributed by atoms with Crippen LogP contribution in [0.3, 0.4) is 0 Å². The highest BCUT2D eigenvalue weighted by Gasteiger charge is 2.56. The Morgan fingerprint density at radius 1 is 0.639 bits per heavy atom. The van der Waals surface area contributed by atoms with Crippen LogP contribution in [0.2, 0.25) is 0 Å². The van der Waals surface area contributed by atoms with Crippen molar-refractivity contribution in [1.82, 2.24) is 0 Å². The summed E-state index contributed by atoms with van der Waals surface area (Å²) >= 11 is 0. The molecule has 4 aliphatic rings. The first-order valence-corrected chi connectivity index (χ1v) is 21.7. The summed E-state index contributed by atoms with van der Waals surface area (Å²) in [6.45, 7) is 20.5. The zero-order chi connectivity index (χ0) is 44.7. The van der Waals surface area contributed by atoms with Gasteiger partial charge in [-0.05, 0) is 55.5 Å². The lowest BCUT2D eigenvalue weighted by molar-refractivity contribution is -0.356. The predicted octanol–water partition coefficient (Wildman–Crippen LogP) is 6.43. The molecular formula is C44H67N3O14. The van der Waals surface area contributed by atoms with Gasteiger partial charge in [0, 0.05) is 30.6 Å². The molecule has 4 saturated heterocycles. The Morgan fingerprint density at radius 3 is 1.79 bits per heavy atom. The number of carbonyl (C=O) groups excluding carboxylic acids is 3. The predicted molar refractivity (Wildman–Crippen MR) is 218 cm³/mol. The number of esters is 3. The van der Waals surface area contributed by atoms with Gasteiger partial charge < -0.3 is 52.1 Å². The highest BCUT2D eigenvalue weighted by molar-refractivity contribution is 5.75. The second kappa shape index (κ2) is 21.8. The fourth-order valence-electron chi connectivity index (χ4n) is 9.08. The largest absolute Gasteiger partial charge is 0.467 e. The lowest BCUT2D eigenvalue weighted by atomic mass is 9.81. The van der Waals surface area contributed by atoms with Crippen LogP contribution in [0.5, 0.6) is 0 Å². The van der Waals surface area contributed by atoms with Gasteiger partial charge in [0.15, 0.2) is 37.2 Å². The maximum absolute atomic E-state index is 13.6. The summed E-state index contributed by atoms with van der Waals surface area (Å²) in [6.07, 6.45) is -9.89. The molecule has 0 saturated carbocycles. The van der Waals surface area contributed by atoms with Crippen molar-refractivity contribution in [2.45, 2.75) is 188 Å². The molecule has 17 nitrogen and oxygen atoms in total. The standard InChI is InChI=1S/C44H67N3O14/c1-13-31-34(22(4)21(3)26(8)53-31)58-43-38(55-28(10)48)25(7)37(39(61-43)41(50)51-12)60-42-33(46-47-45)24(6)35(32(14-2)57-42)59-44-40(56-29(11)49)36(23(5)27(9)54-44)52-20-30-18-16-15-17-19-30/h15-19,21-27,31-40,42-44H,13-14,20H2,1-12H3/t21?,22-,23-,24-,25+,26-,27?,31?,32?,33?,34+,35+,36-,37+,38?,39?,40?,42-,43-,44+/m1/s1. The van der Waals surface area contributed by atoms with Gasteiger partial charge in [-0.2, -0.15) is 0 Å². The minimum atomic E-state index is -1.36.